The van der Waals surface area contributed by atoms with E-state index in [1.54, 1.807) is 30.7 Å². The molecule has 0 radical (unpaired) electrons. The fourth-order valence-corrected chi connectivity index (χ4v) is 4.62. The number of rotatable bonds is 6. The number of esters is 1. The Morgan fingerprint density at radius 3 is 2.71 bits per heavy atom. The Labute approximate surface area is 208 Å². The highest BCUT2D eigenvalue weighted by atomic mass is 35.5. The molecule has 2 aliphatic rings. The van der Waals surface area contributed by atoms with Crippen LogP contribution in [0.25, 0.3) is 0 Å². The van der Waals surface area contributed by atoms with Crippen LogP contribution in [-0.2, 0) is 14.3 Å². The lowest BCUT2D eigenvalue weighted by atomic mass is 9.98. The fourth-order valence-electron chi connectivity index (χ4n) is 4.49. The molecule has 0 aliphatic carbocycles. The number of furan rings is 1. The third kappa shape index (κ3) is 5.22. The molecule has 1 amide bonds. The first kappa shape index (κ1) is 23.1. The predicted octanol–water partition coefficient (Wildman–Crippen LogP) is 4.47. The Balaban J connectivity index is 1.25. The summed E-state index contributed by atoms with van der Waals surface area (Å²) in [6, 6.07) is 16.2. The maximum Gasteiger partial charge on any atom is 0.311 e. The van der Waals surface area contributed by atoms with Crippen LogP contribution in [0.1, 0.15) is 36.6 Å². The molecule has 180 valence electrons. The maximum absolute atomic E-state index is 13.1. The lowest BCUT2D eigenvalue weighted by molar-refractivity contribution is -0.156. The number of carbonyl (C=O) groups is 2. The van der Waals surface area contributed by atoms with Gasteiger partial charge in [0.2, 0.25) is 0 Å². The van der Waals surface area contributed by atoms with Gasteiger partial charge in [0.15, 0.2) is 6.61 Å². The molecule has 1 aromatic carbocycles. The number of carbonyl (C=O) groups excluding carboxylic acids is 2. The van der Waals surface area contributed by atoms with Crippen molar-refractivity contribution in [2.24, 2.45) is 11.0 Å². The highest BCUT2D eigenvalue weighted by Crippen LogP contribution is 2.33. The molecule has 4 heterocycles. The highest BCUT2D eigenvalue weighted by molar-refractivity contribution is 6.30. The Hall–Kier alpha value is -3.65. The van der Waals surface area contributed by atoms with Crippen LogP contribution in [0.5, 0.6) is 0 Å². The number of halogens is 1. The van der Waals surface area contributed by atoms with Gasteiger partial charge in [-0.05, 0) is 54.8 Å². The van der Waals surface area contributed by atoms with E-state index in [4.69, 9.17) is 20.8 Å². The summed E-state index contributed by atoms with van der Waals surface area (Å²) < 4.78 is 11.0. The van der Waals surface area contributed by atoms with E-state index < -0.39 is 11.9 Å². The van der Waals surface area contributed by atoms with Crippen LogP contribution in [0.4, 0.5) is 5.82 Å². The number of hydrazone groups is 1. The average Bonchev–Trinajstić information content (AvgIpc) is 3.59. The second-order valence-electron chi connectivity index (χ2n) is 8.61. The van der Waals surface area contributed by atoms with Gasteiger partial charge < -0.3 is 14.1 Å². The number of benzene rings is 1. The number of ether oxygens (including phenoxy) is 1. The normalized spacial score (nSPS) is 20.0. The molecule has 2 aromatic heterocycles. The second kappa shape index (κ2) is 10.3. The average molecular weight is 493 g/mol. The van der Waals surface area contributed by atoms with E-state index in [1.807, 2.05) is 36.4 Å². The van der Waals surface area contributed by atoms with Crippen LogP contribution < -0.4 is 4.90 Å². The van der Waals surface area contributed by atoms with Crippen LogP contribution in [0.2, 0.25) is 5.02 Å². The summed E-state index contributed by atoms with van der Waals surface area (Å²) in [5.41, 5.74) is 1.61. The monoisotopic (exact) mass is 492 g/mol. The van der Waals surface area contributed by atoms with Crippen LogP contribution in [0.15, 0.2) is 76.6 Å². The number of amides is 1. The van der Waals surface area contributed by atoms with Gasteiger partial charge in [-0.2, -0.15) is 5.10 Å². The van der Waals surface area contributed by atoms with Gasteiger partial charge in [0, 0.05) is 30.7 Å². The number of pyridine rings is 1. The van der Waals surface area contributed by atoms with Crippen molar-refractivity contribution in [2.75, 3.05) is 24.6 Å². The minimum atomic E-state index is -0.406. The molecule has 0 N–H and O–H groups in total. The van der Waals surface area contributed by atoms with Crippen LogP contribution >= 0.6 is 11.6 Å². The predicted molar refractivity (Wildman–Crippen MR) is 131 cm³/mol. The van der Waals surface area contributed by atoms with Crippen LogP contribution in [-0.4, -0.2) is 47.3 Å². The van der Waals surface area contributed by atoms with E-state index in [9.17, 15) is 9.59 Å². The van der Waals surface area contributed by atoms with Gasteiger partial charge in [-0.3, -0.25) is 9.59 Å². The standard InChI is InChI=1S/C26H25ClN4O4/c27-20-10-8-18(9-11-20)21-15-22(23-6-4-14-34-23)31(29-21)25(32)17-35-26(33)19-5-3-13-30(16-19)24-7-1-2-12-28-24/h1-2,4,6-12,14,19,22H,3,5,13,15-17H2/t19-,22-/m1/s1. The highest BCUT2D eigenvalue weighted by Gasteiger charge is 2.36. The zero-order chi connectivity index (χ0) is 24.2. The van der Waals surface area contributed by atoms with E-state index in [2.05, 4.69) is 15.0 Å². The van der Waals surface area contributed by atoms with E-state index in [-0.39, 0.29) is 18.5 Å². The molecule has 0 saturated carbocycles. The lowest BCUT2D eigenvalue weighted by Crippen LogP contribution is -2.40. The van der Waals surface area contributed by atoms with Crippen molar-refractivity contribution >= 4 is 35.0 Å². The van der Waals surface area contributed by atoms with E-state index in [1.165, 1.54) is 5.01 Å². The summed E-state index contributed by atoms with van der Waals surface area (Å²) in [7, 11) is 0. The zero-order valence-electron chi connectivity index (χ0n) is 19.0. The molecular formula is C26H25ClN4O4. The Morgan fingerprint density at radius 2 is 1.97 bits per heavy atom. The van der Waals surface area contributed by atoms with Gasteiger partial charge in [0.25, 0.3) is 5.91 Å². The van der Waals surface area contributed by atoms with E-state index >= 15 is 0 Å². The number of anilines is 1. The molecule has 2 atom stereocenters. The molecule has 35 heavy (non-hydrogen) atoms. The van der Waals surface area contributed by atoms with E-state index in [0.717, 1.165) is 30.1 Å². The zero-order valence-corrected chi connectivity index (χ0v) is 19.8. The van der Waals surface area contributed by atoms with Crippen molar-refractivity contribution in [1.29, 1.82) is 0 Å². The molecular weight excluding hydrogens is 468 g/mol. The van der Waals surface area contributed by atoms with Gasteiger partial charge in [0.05, 0.1) is 17.9 Å². The Kier molecular flexibility index (Phi) is 6.81. The SMILES string of the molecule is O=C(OCC(=O)N1N=C(c2ccc(Cl)cc2)C[C@@H]1c1ccco1)[C@@H]1CCCN(c2ccccn2)C1. The molecule has 3 aromatic rings. The number of aromatic nitrogens is 1. The fraction of sp³-hybridized carbons (Fsp3) is 0.308. The van der Waals surface area contributed by atoms with Crippen molar-refractivity contribution in [3.8, 4) is 0 Å². The summed E-state index contributed by atoms with van der Waals surface area (Å²) in [6.45, 7) is 0.968. The Bertz CT molecular complexity index is 1200. The maximum atomic E-state index is 13.1. The summed E-state index contributed by atoms with van der Waals surface area (Å²) in [4.78, 5) is 32.4. The van der Waals surface area contributed by atoms with Crippen molar-refractivity contribution in [1.82, 2.24) is 9.99 Å². The molecule has 8 nitrogen and oxygen atoms in total. The second-order valence-corrected chi connectivity index (χ2v) is 9.04. The first-order chi connectivity index (χ1) is 17.1. The van der Waals surface area contributed by atoms with Crippen molar-refractivity contribution in [3.05, 3.63) is 83.4 Å². The number of piperidine rings is 1. The summed E-state index contributed by atoms with van der Waals surface area (Å²) in [5, 5.41) is 6.54. The van der Waals surface area contributed by atoms with Gasteiger partial charge in [0.1, 0.15) is 17.6 Å². The third-order valence-corrected chi connectivity index (χ3v) is 6.53. The molecule has 2 aliphatic heterocycles. The summed E-state index contributed by atoms with van der Waals surface area (Å²) in [6.07, 6.45) is 5.35. The molecule has 0 unspecified atom stereocenters. The quantitative estimate of drug-likeness (QED) is 0.472. The number of hydrogen-bond acceptors (Lipinski definition) is 7. The van der Waals surface area contributed by atoms with Crippen molar-refractivity contribution in [3.63, 3.8) is 0 Å². The van der Waals surface area contributed by atoms with Crippen molar-refractivity contribution in [2.45, 2.75) is 25.3 Å². The smallest absolute Gasteiger partial charge is 0.311 e. The number of hydrogen-bond donors (Lipinski definition) is 0. The first-order valence-electron chi connectivity index (χ1n) is 11.6. The molecule has 1 saturated heterocycles. The van der Waals surface area contributed by atoms with Gasteiger partial charge >= 0.3 is 5.97 Å². The largest absolute Gasteiger partial charge is 0.467 e. The Morgan fingerprint density at radius 1 is 1.11 bits per heavy atom. The minimum Gasteiger partial charge on any atom is -0.467 e. The minimum absolute atomic E-state index is 0.314. The molecule has 0 bridgehead atoms. The topological polar surface area (TPSA) is 88.2 Å². The van der Waals surface area contributed by atoms with Gasteiger partial charge in [-0.25, -0.2) is 9.99 Å². The summed E-state index contributed by atoms with van der Waals surface area (Å²) in [5.74, 6) is 0.362. The molecule has 5 rings (SSSR count). The van der Waals surface area contributed by atoms with Crippen LogP contribution in [0.3, 0.4) is 0 Å². The van der Waals surface area contributed by atoms with Gasteiger partial charge in [-0.1, -0.05) is 29.8 Å². The lowest BCUT2D eigenvalue weighted by Gasteiger charge is -2.32. The third-order valence-electron chi connectivity index (χ3n) is 6.28. The van der Waals surface area contributed by atoms with Crippen molar-refractivity contribution < 1.29 is 18.7 Å². The van der Waals surface area contributed by atoms with E-state index in [0.29, 0.717) is 30.2 Å². The molecule has 1 fully saturated rings. The number of nitrogens with zero attached hydrogens (tertiary/aromatic N) is 4. The molecule has 9 heteroatoms. The van der Waals surface area contributed by atoms with Crippen LogP contribution in [0, 0.1) is 5.92 Å². The molecule has 0 spiro atoms. The van der Waals surface area contributed by atoms with Gasteiger partial charge in [-0.15, -0.1) is 0 Å². The first-order valence-corrected chi connectivity index (χ1v) is 12.0. The summed E-state index contributed by atoms with van der Waals surface area (Å²) >= 11 is 6.01.